The molecule has 158 valence electrons. The van der Waals surface area contributed by atoms with Gasteiger partial charge in [-0.25, -0.2) is 0 Å². The minimum atomic E-state index is -0.625. The van der Waals surface area contributed by atoms with E-state index in [-0.39, 0.29) is 29.5 Å². The van der Waals surface area contributed by atoms with Crippen LogP contribution in [-0.2, 0) is 4.79 Å². The highest BCUT2D eigenvalue weighted by Gasteiger charge is 2.23. The van der Waals surface area contributed by atoms with Crippen molar-refractivity contribution in [2.75, 3.05) is 44.7 Å². The third-order valence-corrected chi connectivity index (χ3v) is 5.08. The molecule has 1 fully saturated rings. The summed E-state index contributed by atoms with van der Waals surface area (Å²) >= 11 is 6.03. The van der Waals surface area contributed by atoms with Gasteiger partial charge < -0.3 is 19.9 Å². The lowest BCUT2D eigenvalue weighted by Gasteiger charge is -2.36. The van der Waals surface area contributed by atoms with Gasteiger partial charge in [-0.1, -0.05) is 17.7 Å². The van der Waals surface area contributed by atoms with Gasteiger partial charge in [-0.3, -0.25) is 19.7 Å². The molecule has 1 aliphatic rings. The van der Waals surface area contributed by atoms with Crippen LogP contribution < -0.4 is 15.0 Å². The van der Waals surface area contributed by atoms with Crippen molar-refractivity contribution in [2.24, 2.45) is 0 Å². The number of piperazine rings is 1. The molecule has 10 heteroatoms. The lowest BCUT2D eigenvalue weighted by Crippen LogP contribution is -2.51. The van der Waals surface area contributed by atoms with Crippen LogP contribution in [0, 0.1) is 10.1 Å². The molecular weight excluding hydrogens is 412 g/mol. The smallest absolute Gasteiger partial charge is 0.311 e. The van der Waals surface area contributed by atoms with Crippen molar-refractivity contribution in [3.05, 3.63) is 63.2 Å². The summed E-state index contributed by atoms with van der Waals surface area (Å²) in [7, 11) is 1.31. The summed E-state index contributed by atoms with van der Waals surface area (Å²) in [6.45, 7) is 2.18. The molecule has 3 rings (SSSR count). The van der Waals surface area contributed by atoms with E-state index in [2.05, 4.69) is 10.2 Å². The van der Waals surface area contributed by atoms with Crippen LogP contribution in [0.3, 0.4) is 0 Å². The number of nitro benzene ring substituents is 1. The Morgan fingerprint density at radius 1 is 1.17 bits per heavy atom. The Hall–Kier alpha value is -3.33. The zero-order chi connectivity index (χ0) is 21.7. The molecule has 0 saturated carbocycles. The van der Waals surface area contributed by atoms with Crippen LogP contribution in [0.5, 0.6) is 5.75 Å². The van der Waals surface area contributed by atoms with Crippen molar-refractivity contribution < 1.29 is 19.2 Å². The highest BCUT2D eigenvalue weighted by molar-refractivity contribution is 6.30. The number of carbonyl (C=O) groups excluding carboxylic acids is 2. The summed E-state index contributed by atoms with van der Waals surface area (Å²) < 4.78 is 4.92. The molecule has 1 aliphatic heterocycles. The van der Waals surface area contributed by atoms with Crippen LogP contribution >= 0.6 is 11.6 Å². The second-order valence-corrected chi connectivity index (χ2v) is 7.11. The van der Waals surface area contributed by atoms with Crippen molar-refractivity contribution in [3.8, 4) is 5.75 Å². The summed E-state index contributed by atoms with van der Waals surface area (Å²) in [6, 6.07) is 11.4. The average molecular weight is 433 g/mol. The van der Waals surface area contributed by atoms with Crippen LogP contribution in [0.2, 0.25) is 5.02 Å². The quantitative estimate of drug-likeness (QED) is 0.555. The molecular formula is C20H21ClN4O5. The molecule has 2 amide bonds. The molecule has 1 saturated heterocycles. The Morgan fingerprint density at radius 2 is 1.90 bits per heavy atom. The number of hydrogen-bond acceptors (Lipinski definition) is 6. The lowest BCUT2D eigenvalue weighted by molar-refractivity contribution is -0.385. The monoisotopic (exact) mass is 432 g/mol. The van der Waals surface area contributed by atoms with E-state index in [9.17, 15) is 19.7 Å². The minimum absolute atomic E-state index is 0.0604. The van der Waals surface area contributed by atoms with E-state index < -0.39 is 10.8 Å². The van der Waals surface area contributed by atoms with Crippen molar-refractivity contribution in [2.45, 2.75) is 0 Å². The fourth-order valence-electron chi connectivity index (χ4n) is 3.23. The second kappa shape index (κ2) is 9.45. The topological polar surface area (TPSA) is 105 Å². The van der Waals surface area contributed by atoms with Crippen molar-refractivity contribution in [1.82, 2.24) is 10.2 Å². The number of carbonyl (C=O) groups is 2. The predicted molar refractivity (Wildman–Crippen MR) is 112 cm³/mol. The van der Waals surface area contributed by atoms with Crippen LogP contribution in [0.25, 0.3) is 0 Å². The highest BCUT2D eigenvalue weighted by Crippen LogP contribution is 2.27. The summed E-state index contributed by atoms with van der Waals surface area (Å²) in [5.74, 6) is -0.714. The highest BCUT2D eigenvalue weighted by atomic mass is 35.5. The second-order valence-electron chi connectivity index (χ2n) is 6.67. The SMILES string of the molecule is COc1ccc(C(=O)NCC(=O)N2CCN(c3cccc(Cl)c3)CC2)cc1[N+](=O)[O-]. The first-order chi connectivity index (χ1) is 14.4. The van der Waals surface area contributed by atoms with Crippen molar-refractivity contribution in [3.63, 3.8) is 0 Å². The first-order valence-electron chi connectivity index (χ1n) is 9.28. The summed E-state index contributed by atoms with van der Waals surface area (Å²) in [6.07, 6.45) is 0. The molecule has 9 nitrogen and oxygen atoms in total. The Labute approximate surface area is 178 Å². The van der Waals surface area contributed by atoms with Gasteiger partial charge in [-0.05, 0) is 30.3 Å². The Kier molecular flexibility index (Phi) is 6.73. The van der Waals surface area contributed by atoms with E-state index in [1.807, 2.05) is 24.3 Å². The standard InChI is InChI=1S/C20H21ClN4O5/c1-30-18-6-5-14(11-17(18)25(28)29)20(27)22-13-19(26)24-9-7-23(8-10-24)16-4-2-3-15(21)12-16/h2-6,11-12H,7-10,13H2,1H3,(H,22,27). The fraction of sp³-hybridized carbons (Fsp3) is 0.300. The zero-order valence-electron chi connectivity index (χ0n) is 16.3. The molecule has 1 heterocycles. The Morgan fingerprint density at radius 3 is 2.53 bits per heavy atom. The van der Waals surface area contributed by atoms with Crippen molar-refractivity contribution >= 4 is 34.8 Å². The summed E-state index contributed by atoms with van der Waals surface area (Å²) in [5.41, 5.74) is 0.777. The van der Waals surface area contributed by atoms with Gasteiger partial charge in [0.2, 0.25) is 5.91 Å². The summed E-state index contributed by atoms with van der Waals surface area (Å²) in [4.78, 5) is 39.1. The largest absolute Gasteiger partial charge is 0.490 e. The number of amides is 2. The maximum atomic E-state index is 12.5. The Bertz CT molecular complexity index is 960. The number of nitrogens with one attached hydrogen (secondary N) is 1. The number of halogens is 1. The molecule has 2 aromatic carbocycles. The van der Waals surface area contributed by atoms with Gasteiger partial charge in [-0.2, -0.15) is 0 Å². The molecule has 0 bridgehead atoms. The van der Waals surface area contributed by atoms with E-state index in [4.69, 9.17) is 16.3 Å². The minimum Gasteiger partial charge on any atom is -0.490 e. The average Bonchev–Trinajstić information content (AvgIpc) is 2.76. The van der Waals surface area contributed by atoms with E-state index >= 15 is 0 Å². The van der Waals surface area contributed by atoms with E-state index in [0.717, 1.165) is 11.8 Å². The zero-order valence-corrected chi connectivity index (χ0v) is 17.1. The van der Waals surface area contributed by atoms with Gasteiger partial charge in [0.05, 0.1) is 18.6 Å². The number of hydrogen-bond donors (Lipinski definition) is 1. The maximum Gasteiger partial charge on any atom is 0.311 e. The van der Waals surface area contributed by atoms with E-state index in [0.29, 0.717) is 31.2 Å². The van der Waals surface area contributed by atoms with Crippen LogP contribution in [0.4, 0.5) is 11.4 Å². The molecule has 2 aromatic rings. The molecule has 0 atom stereocenters. The van der Waals surface area contributed by atoms with Gasteiger partial charge in [0.15, 0.2) is 5.75 Å². The van der Waals surface area contributed by atoms with Gasteiger partial charge >= 0.3 is 5.69 Å². The fourth-order valence-corrected chi connectivity index (χ4v) is 3.42. The Balaban J connectivity index is 1.53. The van der Waals surface area contributed by atoms with Gasteiger partial charge in [0.25, 0.3) is 5.91 Å². The number of ether oxygens (including phenoxy) is 1. The van der Waals surface area contributed by atoms with Crippen LogP contribution in [0.1, 0.15) is 10.4 Å². The van der Waals surface area contributed by atoms with E-state index in [1.165, 1.54) is 19.2 Å². The number of nitrogens with zero attached hydrogens (tertiary/aromatic N) is 3. The summed E-state index contributed by atoms with van der Waals surface area (Å²) in [5, 5.41) is 14.3. The first-order valence-corrected chi connectivity index (χ1v) is 9.65. The number of methoxy groups -OCH3 is 1. The number of rotatable bonds is 6. The maximum absolute atomic E-state index is 12.5. The van der Waals surface area contributed by atoms with E-state index in [1.54, 1.807) is 4.90 Å². The molecule has 0 aliphatic carbocycles. The molecule has 0 aromatic heterocycles. The van der Waals surface area contributed by atoms with Gasteiger partial charge in [0.1, 0.15) is 0 Å². The first kappa shape index (κ1) is 21.4. The molecule has 0 spiro atoms. The normalized spacial score (nSPS) is 13.7. The molecule has 1 N–H and O–H groups in total. The lowest BCUT2D eigenvalue weighted by atomic mass is 10.1. The number of anilines is 1. The third kappa shape index (κ3) is 4.98. The predicted octanol–water partition coefficient (Wildman–Crippen LogP) is 2.34. The molecule has 0 radical (unpaired) electrons. The number of benzene rings is 2. The number of nitro groups is 1. The van der Waals surface area contributed by atoms with Gasteiger partial charge in [0, 0.05) is 48.5 Å². The van der Waals surface area contributed by atoms with Gasteiger partial charge in [-0.15, -0.1) is 0 Å². The third-order valence-electron chi connectivity index (χ3n) is 4.84. The van der Waals surface area contributed by atoms with Crippen LogP contribution in [0.15, 0.2) is 42.5 Å². The molecule has 0 unspecified atom stereocenters. The molecule has 30 heavy (non-hydrogen) atoms. The van der Waals surface area contributed by atoms with Crippen LogP contribution in [-0.4, -0.2) is 61.5 Å². The van der Waals surface area contributed by atoms with Crippen molar-refractivity contribution in [1.29, 1.82) is 0 Å².